The van der Waals surface area contributed by atoms with E-state index in [9.17, 15) is 0 Å². The monoisotopic (exact) mass is 229 g/mol. The average Bonchev–Trinajstić information content (AvgIpc) is 2.76. The number of fused-ring (bicyclic) bond motifs is 1. The molecule has 2 heterocycles. The van der Waals surface area contributed by atoms with Crippen molar-refractivity contribution in [2.45, 2.75) is 25.7 Å². The minimum Gasteiger partial charge on any atom is -0.493 e. The van der Waals surface area contributed by atoms with Gasteiger partial charge in [-0.3, -0.25) is 0 Å². The molecule has 2 aliphatic heterocycles. The van der Waals surface area contributed by atoms with Gasteiger partial charge in [0, 0.05) is 19.5 Å². The van der Waals surface area contributed by atoms with Crippen LogP contribution in [0.5, 0.6) is 5.75 Å². The highest BCUT2D eigenvalue weighted by atomic mass is 16.5. The Morgan fingerprint density at radius 2 is 1.94 bits per heavy atom. The molecule has 0 unspecified atom stereocenters. The van der Waals surface area contributed by atoms with Crippen molar-refractivity contribution in [2.24, 2.45) is 0 Å². The quantitative estimate of drug-likeness (QED) is 0.734. The molecule has 0 bridgehead atoms. The second-order valence-corrected chi connectivity index (χ2v) is 4.91. The summed E-state index contributed by atoms with van der Waals surface area (Å²) in [5.74, 6) is 1.07. The van der Waals surface area contributed by atoms with Gasteiger partial charge in [-0.25, -0.2) is 0 Å². The van der Waals surface area contributed by atoms with E-state index in [-0.39, 0.29) is 0 Å². The highest BCUT2D eigenvalue weighted by molar-refractivity contribution is 5.37. The van der Waals surface area contributed by atoms with Gasteiger partial charge in [0.15, 0.2) is 0 Å². The topological polar surface area (TPSA) is 12.5 Å². The Morgan fingerprint density at radius 3 is 2.82 bits per heavy atom. The molecule has 0 spiro atoms. The number of likely N-dealkylation sites (tertiary alicyclic amines) is 1. The van der Waals surface area contributed by atoms with E-state index in [1.54, 1.807) is 0 Å². The molecule has 1 aromatic carbocycles. The standard InChI is InChI=1S/C15H19NO/c1-2-6-15-14(5-1)11-13(7-10-17-15)12-16-8-3-4-9-16/h1-2,5-6,12H,3-4,7-11H2/b13-12+. The smallest absolute Gasteiger partial charge is 0.122 e. The Labute approximate surface area is 103 Å². The van der Waals surface area contributed by atoms with E-state index in [1.165, 1.54) is 37.1 Å². The minimum absolute atomic E-state index is 0.816. The molecule has 2 nitrogen and oxygen atoms in total. The second-order valence-electron chi connectivity index (χ2n) is 4.91. The molecule has 0 saturated carbocycles. The van der Waals surface area contributed by atoms with Gasteiger partial charge >= 0.3 is 0 Å². The number of hydrogen-bond donors (Lipinski definition) is 0. The number of benzene rings is 1. The second kappa shape index (κ2) is 4.82. The molecule has 1 fully saturated rings. The van der Waals surface area contributed by atoms with Gasteiger partial charge < -0.3 is 9.64 Å². The summed E-state index contributed by atoms with van der Waals surface area (Å²) in [6, 6.07) is 8.40. The summed E-state index contributed by atoms with van der Waals surface area (Å²) in [7, 11) is 0. The predicted octanol–water partition coefficient (Wildman–Crippen LogP) is 2.99. The summed E-state index contributed by atoms with van der Waals surface area (Å²) in [4.78, 5) is 2.46. The van der Waals surface area contributed by atoms with E-state index in [0.717, 1.165) is 25.2 Å². The van der Waals surface area contributed by atoms with E-state index < -0.39 is 0 Å². The van der Waals surface area contributed by atoms with Crippen LogP contribution in [0.25, 0.3) is 0 Å². The zero-order chi connectivity index (χ0) is 11.5. The summed E-state index contributed by atoms with van der Waals surface area (Å²) in [6.07, 6.45) is 7.17. The lowest BCUT2D eigenvalue weighted by atomic mass is 10.0. The maximum Gasteiger partial charge on any atom is 0.122 e. The normalized spacial score (nSPS) is 22.1. The Bertz CT molecular complexity index is 419. The largest absolute Gasteiger partial charge is 0.493 e. The molecular formula is C15H19NO. The van der Waals surface area contributed by atoms with Gasteiger partial charge in [-0.1, -0.05) is 18.2 Å². The third-order valence-corrected chi connectivity index (χ3v) is 3.58. The Kier molecular flexibility index (Phi) is 3.04. The fourth-order valence-corrected chi connectivity index (χ4v) is 2.65. The van der Waals surface area contributed by atoms with Gasteiger partial charge in [-0.15, -0.1) is 0 Å². The summed E-state index contributed by atoms with van der Waals surface area (Å²) in [5, 5.41) is 0. The van der Waals surface area contributed by atoms with Crippen molar-refractivity contribution in [3.63, 3.8) is 0 Å². The third kappa shape index (κ3) is 2.46. The number of nitrogens with zero attached hydrogens (tertiary/aromatic N) is 1. The molecule has 17 heavy (non-hydrogen) atoms. The SMILES string of the molecule is C(=C1/CCOc2ccccc2C1)/N1CCCC1. The Morgan fingerprint density at radius 1 is 1.12 bits per heavy atom. The average molecular weight is 229 g/mol. The van der Waals surface area contributed by atoms with Crippen LogP contribution in [0.1, 0.15) is 24.8 Å². The zero-order valence-electron chi connectivity index (χ0n) is 10.2. The number of rotatable bonds is 1. The van der Waals surface area contributed by atoms with Crippen molar-refractivity contribution in [2.75, 3.05) is 19.7 Å². The van der Waals surface area contributed by atoms with Crippen LogP contribution in [0.4, 0.5) is 0 Å². The van der Waals surface area contributed by atoms with E-state index in [0.29, 0.717) is 0 Å². The highest BCUT2D eigenvalue weighted by Gasteiger charge is 2.14. The van der Waals surface area contributed by atoms with Crippen molar-refractivity contribution >= 4 is 0 Å². The van der Waals surface area contributed by atoms with Gasteiger partial charge in [-0.2, -0.15) is 0 Å². The molecular weight excluding hydrogens is 210 g/mol. The van der Waals surface area contributed by atoms with E-state index in [1.807, 2.05) is 6.07 Å². The molecule has 0 radical (unpaired) electrons. The molecule has 0 amide bonds. The van der Waals surface area contributed by atoms with Crippen LogP contribution in [-0.2, 0) is 6.42 Å². The fraction of sp³-hybridized carbons (Fsp3) is 0.467. The summed E-state index contributed by atoms with van der Waals surface area (Å²) in [5.41, 5.74) is 2.84. The van der Waals surface area contributed by atoms with Crippen LogP contribution in [0.3, 0.4) is 0 Å². The van der Waals surface area contributed by atoms with E-state index >= 15 is 0 Å². The van der Waals surface area contributed by atoms with Crippen LogP contribution < -0.4 is 4.74 Å². The summed E-state index contributed by atoms with van der Waals surface area (Å²) >= 11 is 0. The van der Waals surface area contributed by atoms with Crippen molar-refractivity contribution in [3.05, 3.63) is 41.6 Å². The van der Waals surface area contributed by atoms with Gasteiger partial charge in [0.2, 0.25) is 0 Å². The molecule has 3 rings (SSSR count). The van der Waals surface area contributed by atoms with Crippen molar-refractivity contribution < 1.29 is 4.74 Å². The number of para-hydroxylation sites is 1. The van der Waals surface area contributed by atoms with Gasteiger partial charge in [0.1, 0.15) is 5.75 Å². The lowest BCUT2D eigenvalue weighted by molar-refractivity contribution is 0.324. The van der Waals surface area contributed by atoms with Crippen LogP contribution in [0.2, 0.25) is 0 Å². The van der Waals surface area contributed by atoms with Crippen molar-refractivity contribution in [1.82, 2.24) is 4.90 Å². The maximum absolute atomic E-state index is 5.78. The first-order valence-electron chi connectivity index (χ1n) is 6.56. The molecule has 0 atom stereocenters. The zero-order valence-corrected chi connectivity index (χ0v) is 10.2. The molecule has 0 aliphatic carbocycles. The summed E-state index contributed by atoms with van der Waals surface area (Å²) in [6.45, 7) is 3.27. The highest BCUT2D eigenvalue weighted by Crippen LogP contribution is 2.26. The van der Waals surface area contributed by atoms with E-state index in [4.69, 9.17) is 4.74 Å². The van der Waals surface area contributed by atoms with Gasteiger partial charge in [0.25, 0.3) is 0 Å². The molecule has 1 saturated heterocycles. The first kappa shape index (κ1) is 10.7. The minimum atomic E-state index is 0.816. The fourth-order valence-electron chi connectivity index (χ4n) is 2.65. The Hall–Kier alpha value is -1.44. The molecule has 0 aromatic heterocycles. The molecule has 2 heteroatoms. The number of hydrogen-bond acceptors (Lipinski definition) is 2. The maximum atomic E-state index is 5.78. The number of ether oxygens (including phenoxy) is 1. The molecule has 2 aliphatic rings. The van der Waals surface area contributed by atoms with Crippen LogP contribution in [0, 0.1) is 0 Å². The lowest BCUT2D eigenvalue weighted by Crippen LogP contribution is -2.12. The van der Waals surface area contributed by atoms with Crippen LogP contribution >= 0.6 is 0 Å². The lowest BCUT2D eigenvalue weighted by Gasteiger charge is -2.14. The van der Waals surface area contributed by atoms with Crippen molar-refractivity contribution in [3.8, 4) is 5.75 Å². The third-order valence-electron chi connectivity index (χ3n) is 3.58. The first-order valence-corrected chi connectivity index (χ1v) is 6.56. The van der Waals surface area contributed by atoms with Crippen molar-refractivity contribution in [1.29, 1.82) is 0 Å². The molecule has 0 N–H and O–H groups in total. The summed E-state index contributed by atoms with van der Waals surface area (Å²) < 4.78 is 5.78. The van der Waals surface area contributed by atoms with Crippen LogP contribution in [0.15, 0.2) is 36.0 Å². The van der Waals surface area contributed by atoms with Crippen LogP contribution in [-0.4, -0.2) is 24.6 Å². The predicted molar refractivity (Wildman–Crippen MR) is 69.1 cm³/mol. The molecule has 1 aromatic rings. The first-order chi connectivity index (χ1) is 8.42. The Balaban J connectivity index is 1.79. The molecule has 90 valence electrons. The van der Waals surface area contributed by atoms with Gasteiger partial charge in [0.05, 0.1) is 6.61 Å². The van der Waals surface area contributed by atoms with Gasteiger partial charge in [-0.05, 0) is 42.7 Å². The van der Waals surface area contributed by atoms with E-state index in [2.05, 4.69) is 29.3 Å².